The highest BCUT2D eigenvalue weighted by atomic mass is 32.1. The molecule has 0 fully saturated rings. The average Bonchev–Trinajstić information content (AvgIpc) is 1.67. The summed E-state index contributed by atoms with van der Waals surface area (Å²) in [6.45, 7) is 0. The lowest BCUT2D eigenvalue weighted by Crippen LogP contribution is -2.01. The fraction of sp³-hybridized carbons (Fsp3) is 0. The summed E-state index contributed by atoms with van der Waals surface area (Å²) in [5.74, 6) is 1.85. The molecule has 3 aromatic heterocycles. The van der Waals surface area contributed by atoms with Gasteiger partial charge in [-0.3, -0.25) is 0 Å². The van der Waals surface area contributed by atoms with E-state index in [1.165, 1.54) is 58.8 Å². The van der Waals surface area contributed by atoms with Crippen LogP contribution in [0, 0.1) is 0 Å². The molecule has 3 heterocycles. The molecule has 5 heteroatoms. The third-order valence-corrected chi connectivity index (χ3v) is 17.9. The Balaban J connectivity index is 0.955. The summed E-state index contributed by atoms with van der Waals surface area (Å²) < 4.78 is 5.07. The summed E-state index contributed by atoms with van der Waals surface area (Å²) in [6, 6.07) is 114. The van der Waals surface area contributed by atoms with E-state index in [1.54, 1.807) is 0 Å². The molecule has 0 aliphatic heterocycles. The van der Waals surface area contributed by atoms with Gasteiger partial charge in [-0.05, 0) is 109 Å². The van der Waals surface area contributed by atoms with E-state index in [0.717, 1.165) is 83.5 Å². The SMILES string of the molecule is c1ccc(-c2cc(-c3ccccc3)cc(-c3ccccc3-c3ccccc3-c3cccc4c5c6sc7ccccc7c6cc(-c6ccccc6-c6ccccc6-c6nc(-c7ccccc7)nc(-c7ccccc7)n6)c5n(-c5ccccc5)c34)c2)cc1. The molecule has 16 aromatic rings. The van der Waals surface area contributed by atoms with Crippen molar-refractivity contribution in [3.05, 3.63) is 315 Å². The lowest BCUT2D eigenvalue weighted by molar-refractivity contribution is 1.07. The first-order valence-corrected chi connectivity index (χ1v) is 30.0. The Morgan fingerprint density at radius 2 is 0.616 bits per heavy atom. The van der Waals surface area contributed by atoms with Gasteiger partial charge in [0, 0.05) is 64.4 Å². The molecule has 13 aromatic carbocycles. The van der Waals surface area contributed by atoms with E-state index >= 15 is 0 Å². The van der Waals surface area contributed by atoms with E-state index in [4.69, 9.17) is 15.0 Å². The van der Waals surface area contributed by atoms with Crippen LogP contribution in [0.5, 0.6) is 0 Å². The first kappa shape index (κ1) is 50.6. The molecule has 0 aliphatic carbocycles. The van der Waals surface area contributed by atoms with E-state index < -0.39 is 0 Å². The highest BCUT2D eigenvalue weighted by Gasteiger charge is 2.27. The van der Waals surface area contributed by atoms with Crippen molar-refractivity contribution in [2.75, 3.05) is 0 Å². The van der Waals surface area contributed by atoms with Crippen molar-refractivity contribution in [1.29, 1.82) is 0 Å². The molecular weight excluding hydrogens is 1060 g/mol. The second-order valence-corrected chi connectivity index (χ2v) is 22.8. The average molecular weight is 1110 g/mol. The quantitative estimate of drug-likeness (QED) is 0.130. The molecule has 0 amide bonds. The maximum absolute atomic E-state index is 5.29. The van der Waals surface area contributed by atoms with Crippen LogP contribution in [0.25, 0.3) is 160 Å². The van der Waals surface area contributed by atoms with Crippen LogP contribution in [-0.4, -0.2) is 19.5 Å². The zero-order valence-electron chi connectivity index (χ0n) is 46.7. The molecule has 86 heavy (non-hydrogen) atoms. The number of hydrogen-bond donors (Lipinski definition) is 0. The Kier molecular flexibility index (Phi) is 12.7. The van der Waals surface area contributed by atoms with E-state index in [0.29, 0.717) is 17.5 Å². The largest absolute Gasteiger partial charge is 0.308 e. The second kappa shape index (κ2) is 21.6. The van der Waals surface area contributed by atoms with Crippen molar-refractivity contribution in [1.82, 2.24) is 19.5 Å². The minimum absolute atomic E-state index is 0.608. The minimum Gasteiger partial charge on any atom is -0.308 e. The molecule has 4 nitrogen and oxygen atoms in total. The molecular formula is C81H52N4S. The topological polar surface area (TPSA) is 43.6 Å². The molecule has 0 bridgehead atoms. The standard InChI is InChI=1S/C81H52N4S/c1-6-27-53(28-7-1)57-49-58(54-29-8-2-9-30-54)51-59(50-57)61-37-16-17-38-62(61)63-39-18-20-41-65(63)69-46-26-47-71-75-77(85(76(69)71)60-35-14-5-15-36-60)72(52-73-68-44-24-25-48-74(68)86-78(73)75)67-43-21-19-40-64(67)66-42-22-23-45-70(66)81-83-79(55-31-10-3-11-32-55)82-80(84-81)56-33-12-4-13-34-56/h1-52H. The van der Waals surface area contributed by atoms with Crippen molar-refractivity contribution in [3.8, 4) is 118 Å². The van der Waals surface area contributed by atoms with Gasteiger partial charge in [0.25, 0.3) is 0 Å². The van der Waals surface area contributed by atoms with Crippen LogP contribution in [-0.2, 0) is 0 Å². The van der Waals surface area contributed by atoms with Crippen molar-refractivity contribution in [2.24, 2.45) is 0 Å². The van der Waals surface area contributed by atoms with E-state index in [9.17, 15) is 0 Å². The van der Waals surface area contributed by atoms with Gasteiger partial charge < -0.3 is 4.57 Å². The van der Waals surface area contributed by atoms with Crippen molar-refractivity contribution < 1.29 is 0 Å². The number of hydrogen-bond acceptors (Lipinski definition) is 4. The summed E-state index contributed by atoms with van der Waals surface area (Å²) >= 11 is 1.88. The highest BCUT2D eigenvalue weighted by Crippen LogP contribution is 2.52. The van der Waals surface area contributed by atoms with Gasteiger partial charge in [0.2, 0.25) is 0 Å². The Labute approximate surface area is 503 Å². The Morgan fingerprint density at radius 3 is 1.17 bits per heavy atom. The molecule has 0 saturated heterocycles. The molecule has 16 rings (SSSR count). The number of rotatable bonds is 11. The smallest absolute Gasteiger partial charge is 0.164 e. The number of benzene rings is 13. The number of aromatic nitrogens is 4. The number of nitrogens with zero attached hydrogens (tertiary/aromatic N) is 4. The van der Waals surface area contributed by atoms with Gasteiger partial charge in [0.15, 0.2) is 17.5 Å². The molecule has 0 radical (unpaired) electrons. The molecule has 0 atom stereocenters. The fourth-order valence-electron chi connectivity index (χ4n) is 12.8. The van der Waals surface area contributed by atoms with E-state index in [1.807, 2.05) is 47.7 Å². The third-order valence-electron chi connectivity index (χ3n) is 16.7. The van der Waals surface area contributed by atoms with Gasteiger partial charge in [0.1, 0.15) is 0 Å². The van der Waals surface area contributed by atoms with Crippen molar-refractivity contribution in [3.63, 3.8) is 0 Å². The first-order valence-electron chi connectivity index (χ1n) is 29.2. The van der Waals surface area contributed by atoms with Crippen LogP contribution in [0.2, 0.25) is 0 Å². The maximum Gasteiger partial charge on any atom is 0.164 e. The number of para-hydroxylation sites is 2. The van der Waals surface area contributed by atoms with Crippen LogP contribution >= 0.6 is 11.3 Å². The molecule has 0 unspecified atom stereocenters. The first-order chi connectivity index (χ1) is 42.7. The molecule has 0 saturated carbocycles. The monoisotopic (exact) mass is 1110 g/mol. The summed E-state index contributed by atoms with van der Waals surface area (Å²) in [7, 11) is 0. The molecule has 0 N–H and O–H groups in total. The van der Waals surface area contributed by atoms with E-state index in [-0.39, 0.29) is 0 Å². The van der Waals surface area contributed by atoms with Gasteiger partial charge in [-0.25, -0.2) is 15.0 Å². The number of fused-ring (bicyclic) bond motifs is 7. The normalized spacial score (nSPS) is 11.5. The molecule has 0 aliphatic rings. The minimum atomic E-state index is 0.608. The lowest BCUT2D eigenvalue weighted by atomic mass is 9.87. The predicted molar refractivity (Wildman–Crippen MR) is 361 cm³/mol. The second-order valence-electron chi connectivity index (χ2n) is 21.7. The molecule has 402 valence electrons. The van der Waals surface area contributed by atoms with Crippen molar-refractivity contribution in [2.45, 2.75) is 0 Å². The Hall–Kier alpha value is -11.1. The van der Waals surface area contributed by atoms with Gasteiger partial charge in [-0.15, -0.1) is 11.3 Å². The zero-order chi connectivity index (χ0) is 56.9. The van der Waals surface area contributed by atoms with Gasteiger partial charge >= 0.3 is 0 Å². The lowest BCUT2D eigenvalue weighted by Gasteiger charge is -2.19. The summed E-state index contributed by atoms with van der Waals surface area (Å²) in [5, 5.41) is 4.89. The summed E-state index contributed by atoms with van der Waals surface area (Å²) in [6.07, 6.45) is 0. The summed E-state index contributed by atoms with van der Waals surface area (Å²) in [5.41, 5.74) is 22.1. The van der Waals surface area contributed by atoms with Crippen LogP contribution in [0.3, 0.4) is 0 Å². The van der Waals surface area contributed by atoms with Crippen molar-refractivity contribution >= 4 is 53.3 Å². The Morgan fingerprint density at radius 1 is 0.233 bits per heavy atom. The number of thiophene rings is 1. The predicted octanol–water partition coefficient (Wildman–Crippen LogP) is 22.0. The van der Waals surface area contributed by atoms with E-state index in [2.05, 4.69) is 284 Å². The maximum atomic E-state index is 5.29. The van der Waals surface area contributed by atoms with Crippen LogP contribution in [0.1, 0.15) is 0 Å². The van der Waals surface area contributed by atoms with Gasteiger partial charge in [-0.1, -0.05) is 273 Å². The molecule has 0 spiro atoms. The fourth-order valence-corrected chi connectivity index (χ4v) is 14.0. The van der Waals surface area contributed by atoms with Crippen LogP contribution in [0.15, 0.2) is 315 Å². The zero-order valence-corrected chi connectivity index (χ0v) is 47.5. The van der Waals surface area contributed by atoms with Gasteiger partial charge in [-0.2, -0.15) is 0 Å². The van der Waals surface area contributed by atoms with Crippen LogP contribution in [0.4, 0.5) is 0 Å². The summed E-state index contributed by atoms with van der Waals surface area (Å²) in [4.78, 5) is 15.7. The Bertz CT molecular complexity index is 5090. The van der Waals surface area contributed by atoms with Crippen LogP contribution < -0.4 is 0 Å². The van der Waals surface area contributed by atoms with Gasteiger partial charge in [0.05, 0.1) is 11.0 Å². The third kappa shape index (κ3) is 8.89. The highest BCUT2D eigenvalue weighted by molar-refractivity contribution is 7.26.